The molecular weight excluding hydrogens is 378 g/mol. The first-order chi connectivity index (χ1) is 13.6. The number of anilines is 2. The Morgan fingerprint density at radius 2 is 1.69 bits per heavy atom. The van der Waals surface area contributed by atoms with Crippen LogP contribution in [0.2, 0.25) is 0 Å². The Labute approximate surface area is 165 Å². The molecule has 0 aliphatic heterocycles. The number of alkyl halides is 2. The molecule has 1 unspecified atom stereocenters. The third-order valence-electron chi connectivity index (χ3n) is 4.42. The summed E-state index contributed by atoms with van der Waals surface area (Å²) in [6, 6.07) is 12.3. The fraction of sp³-hybridized carbons (Fsp3) is 0.190. The van der Waals surface area contributed by atoms with Crippen molar-refractivity contribution in [2.24, 2.45) is 5.92 Å². The number of H-pyrrole nitrogens is 1. The summed E-state index contributed by atoms with van der Waals surface area (Å²) in [6.07, 6.45) is 1.77. The quantitative estimate of drug-likeness (QED) is 0.363. The molecule has 2 aromatic carbocycles. The van der Waals surface area contributed by atoms with Crippen molar-refractivity contribution in [1.29, 1.82) is 5.41 Å². The van der Waals surface area contributed by atoms with Gasteiger partial charge in [0.1, 0.15) is 0 Å². The summed E-state index contributed by atoms with van der Waals surface area (Å²) in [7, 11) is 0. The molecule has 6 nitrogen and oxygen atoms in total. The summed E-state index contributed by atoms with van der Waals surface area (Å²) in [6.45, 7) is 2.10. The first-order valence-corrected chi connectivity index (χ1v) is 8.87. The number of fused-ring (bicyclic) bond motifs is 1. The minimum absolute atomic E-state index is 0.127. The zero-order valence-corrected chi connectivity index (χ0v) is 15.8. The Morgan fingerprint density at radius 3 is 2.31 bits per heavy atom. The van der Waals surface area contributed by atoms with Gasteiger partial charge in [0.15, 0.2) is 5.92 Å². The molecule has 4 N–H and O–H groups in total. The van der Waals surface area contributed by atoms with Crippen molar-refractivity contribution in [3.8, 4) is 0 Å². The fourth-order valence-corrected chi connectivity index (χ4v) is 2.94. The highest BCUT2D eigenvalue weighted by atomic mass is 19.3. The molecule has 0 radical (unpaired) electrons. The van der Waals surface area contributed by atoms with Crippen molar-refractivity contribution in [2.45, 2.75) is 19.8 Å². The largest absolute Gasteiger partial charge is 0.361 e. The van der Waals surface area contributed by atoms with Gasteiger partial charge < -0.3 is 21.0 Å². The third-order valence-corrected chi connectivity index (χ3v) is 4.42. The summed E-state index contributed by atoms with van der Waals surface area (Å²) in [5.74, 6) is -5.91. The smallest absolute Gasteiger partial charge is 0.270 e. The highest BCUT2D eigenvalue weighted by Gasteiger charge is 2.30. The molecule has 0 aliphatic carbocycles. The third kappa shape index (κ3) is 4.66. The molecule has 0 saturated heterocycles. The highest BCUT2D eigenvalue weighted by molar-refractivity contribution is 6.24. The van der Waals surface area contributed by atoms with Crippen LogP contribution < -0.4 is 10.6 Å². The summed E-state index contributed by atoms with van der Waals surface area (Å²) in [5.41, 5.74) is 1.08. The van der Waals surface area contributed by atoms with Crippen LogP contribution in [0.4, 0.5) is 20.2 Å². The zero-order chi connectivity index (χ0) is 21.2. The summed E-state index contributed by atoms with van der Waals surface area (Å²) in [4.78, 5) is 28.3. The standard InChI is InChI=1S/C21H20F2N4O2/c1-12(24)18(19(28)26-15-5-3-4-14(11-15)21(2,22)23)20(29)27-16-6-7-17-13(10-16)8-9-25-17/h3-11,18,24-25H,1-2H3,(H,26,28)(H,27,29). The van der Waals surface area contributed by atoms with Gasteiger partial charge in [0, 0.05) is 46.7 Å². The van der Waals surface area contributed by atoms with Gasteiger partial charge in [0.2, 0.25) is 11.8 Å². The second-order valence-corrected chi connectivity index (χ2v) is 6.84. The van der Waals surface area contributed by atoms with Crippen molar-refractivity contribution in [3.63, 3.8) is 0 Å². The van der Waals surface area contributed by atoms with Gasteiger partial charge in [-0.25, -0.2) is 8.78 Å². The van der Waals surface area contributed by atoms with Crippen LogP contribution in [0, 0.1) is 11.3 Å². The number of nitrogens with one attached hydrogen (secondary N) is 4. The lowest BCUT2D eigenvalue weighted by Gasteiger charge is -2.17. The van der Waals surface area contributed by atoms with E-state index >= 15 is 0 Å². The van der Waals surface area contributed by atoms with Gasteiger partial charge in [-0.1, -0.05) is 12.1 Å². The molecule has 1 aromatic heterocycles. The lowest BCUT2D eigenvalue weighted by molar-refractivity contribution is -0.126. The molecule has 0 bridgehead atoms. The first-order valence-electron chi connectivity index (χ1n) is 8.87. The topological polar surface area (TPSA) is 97.8 Å². The van der Waals surface area contributed by atoms with Crippen molar-refractivity contribution < 1.29 is 18.4 Å². The average molecular weight is 398 g/mol. The molecule has 2 amide bonds. The van der Waals surface area contributed by atoms with Crippen molar-refractivity contribution in [2.75, 3.05) is 10.6 Å². The van der Waals surface area contributed by atoms with Crippen LogP contribution in [0.25, 0.3) is 10.9 Å². The number of benzene rings is 2. The Kier molecular flexibility index (Phi) is 5.45. The van der Waals surface area contributed by atoms with E-state index in [2.05, 4.69) is 15.6 Å². The number of amides is 2. The van der Waals surface area contributed by atoms with Gasteiger partial charge in [-0.3, -0.25) is 9.59 Å². The SMILES string of the molecule is CC(=N)C(C(=O)Nc1cccc(C(C)(F)F)c1)C(=O)Nc1ccc2[nH]ccc2c1. The average Bonchev–Trinajstić information content (AvgIpc) is 3.08. The number of aromatic nitrogens is 1. The lowest BCUT2D eigenvalue weighted by atomic mass is 10.0. The Bertz CT molecular complexity index is 1090. The van der Waals surface area contributed by atoms with Crippen molar-refractivity contribution in [3.05, 3.63) is 60.3 Å². The number of carbonyl (C=O) groups excluding carboxylic acids is 2. The summed E-state index contributed by atoms with van der Waals surface area (Å²) >= 11 is 0. The van der Waals surface area contributed by atoms with E-state index in [4.69, 9.17) is 5.41 Å². The van der Waals surface area contributed by atoms with Crippen LogP contribution in [-0.2, 0) is 15.5 Å². The maximum absolute atomic E-state index is 13.5. The Morgan fingerprint density at radius 1 is 1.03 bits per heavy atom. The van der Waals surface area contributed by atoms with Gasteiger partial charge in [0.25, 0.3) is 5.92 Å². The van der Waals surface area contributed by atoms with E-state index in [9.17, 15) is 18.4 Å². The fourth-order valence-electron chi connectivity index (χ4n) is 2.94. The normalized spacial score (nSPS) is 12.4. The highest BCUT2D eigenvalue weighted by Crippen LogP contribution is 2.28. The molecule has 150 valence electrons. The molecule has 3 aromatic rings. The number of halogens is 2. The summed E-state index contributed by atoms with van der Waals surface area (Å²) < 4.78 is 27.0. The van der Waals surface area contributed by atoms with Crippen LogP contribution >= 0.6 is 0 Å². The molecule has 1 atom stereocenters. The molecule has 0 spiro atoms. The van der Waals surface area contributed by atoms with Gasteiger partial charge in [0.05, 0.1) is 0 Å². The van der Waals surface area contributed by atoms with Gasteiger partial charge in [-0.2, -0.15) is 0 Å². The second-order valence-electron chi connectivity index (χ2n) is 6.84. The second kappa shape index (κ2) is 7.83. The predicted molar refractivity (Wildman–Crippen MR) is 108 cm³/mol. The van der Waals surface area contributed by atoms with E-state index in [1.165, 1.54) is 25.1 Å². The molecule has 0 saturated carbocycles. The van der Waals surface area contributed by atoms with Crippen LogP contribution in [-0.4, -0.2) is 22.5 Å². The van der Waals surface area contributed by atoms with Gasteiger partial charge >= 0.3 is 0 Å². The van der Waals surface area contributed by atoms with Crippen LogP contribution in [0.5, 0.6) is 0 Å². The van der Waals surface area contributed by atoms with E-state index in [0.29, 0.717) is 5.69 Å². The van der Waals surface area contributed by atoms with E-state index in [0.717, 1.165) is 23.9 Å². The number of hydrogen-bond acceptors (Lipinski definition) is 3. The van der Waals surface area contributed by atoms with Crippen LogP contribution in [0.3, 0.4) is 0 Å². The molecular formula is C21H20F2N4O2. The maximum Gasteiger partial charge on any atom is 0.270 e. The van der Waals surface area contributed by atoms with E-state index in [-0.39, 0.29) is 17.0 Å². The maximum atomic E-state index is 13.5. The van der Waals surface area contributed by atoms with E-state index < -0.39 is 23.7 Å². The first kappa shape index (κ1) is 20.2. The van der Waals surface area contributed by atoms with Crippen LogP contribution in [0.15, 0.2) is 54.7 Å². The minimum Gasteiger partial charge on any atom is -0.361 e. The molecule has 8 heteroatoms. The molecule has 0 aliphatic rings. The number of rotatable bonds is 6. The molecule has 0 fully saturated rings. The number of hydrogen-bond donors (Lipinski definition) is 4. The molecule has 29 heavy (non-hydrogen) atoms. The Balaban J connectivity index is 1.77. The van der Waals surface area contributed by atoms with Crippen LogP contribution in [0.1, 0.15) is 19.4 Å². The number of aromatic amines is 1. The van der Waals surface area contributed by atoms with E-state index in [1.807, 2.05) is 6.07 Å². The minimum atomic E-state index is -3.06. The summed E-state index contributed by atoms with van der Waals surface area (Å²) in [5, 5.41) is 13.8. The van der Waals surface area contributed by atoms with Gasteiger partial charge in [-0.15, -0.1) is 0 Å². The van der Waals surface area contributed by atoms with Crippen molar-refractivity contribution >= 4 is 39.8 Å². The predicted octanol–water partition coefficient (Wildman–Crippen LogP) is 4.51. The monoisotopic (exact) mass is 398 g/mol. The van der Waals surface area contributed by atoms with Crippen molar-refractivity contribution in [1.82, 2.24) is 4.98 Å². The van der Waals surface area contributed by atoms with Gasteiger partial charge in [-0.05, 0) is 43.3 Å². The van der Waals surface area contributed by atoms with E-state index in [1.54, 1.807) is 24.4 Å². The number of carbonyl (C=O) groups is 2. The Hall–Kier alpha value is -3.55. The zero-order valence-electron chi connectivity index (χ0n) is 15.8. The molecule has 3 rings (SSSR count). The lowest BCUT2D eigenvalue weighted by Crippen LogP contribution is -2.38. The molecule has 1 heterocycles.